The predicted molar refractivity (Wildman–Crippen MR) is 114 cm³/mol. The molecular formula is C22H25NO5S. The number of hydrogen-bond acceptors (Lipinski definition) is 5. The molecule has 1 fully saturated rings. The third kappa shape index (κ3) is 4.05. The van der Waals surface area contributed by atoms with Gasteiger partial charge in [0.05, 0.1) is 18.8 Å². The molecular weight excluding hydrogens is 390 g/mol. The van der Waals surface area contributed by atoms with Gasteiger partial charge in [-0.15, -0.1) is 11.8 Å². The van der Waals surface area contributed by atoms with Gasteiger partial charge in [0.15, 0.2) is 0 Å². The highest BCUT2D eigenvalue weighted by Gasteiger charge is 2.44. The molecule has 2 unspecified atom stereocenters. The summed E-state index contributed by atoms with van der Waals surface area (Å²) in [7, 11) is 1.57. The van der Waals surface area contributed by atoms with E-state index in [-0.39, 0.29) is 24.0 Å². The van der Waals surface area contributed by atoms with Gasteiger partial charge in [-0.1, -0.05) is 32.0 Å². The van der Waals surface area contributed by atoms with Crippen LogP contribution in [0.25, 0.3) is 0 Å². The first-order valence-corrected chi connectivity index (χ1v) is 10.4. The van der Waals surface area contributed by atoms with Crippen molar-refractivity contribution in [2.75, 3.05) is 12.0 Å². The molecule has 2 atom stereocenters. The number of aryl methyl sites for hydroxylation is 1. The highest BCUT2D eigenvalue weighted by molar-refractivity contribution is 8.01. The van der Waals surface area contributed by atoms with Crippen molar-refractivity contribution in [1.29, 1.82) is 0 Å². The molecule has 6 nitrogen and oxygen atoms in total. The van der Waals surface area contributed by atoms with Gasteiger partial charge >= 0.3 is 5.97 Å². The molecule has 0 aliphatic carbocycles. The number of hydrogen-bond donors (Lipinski definition) is 2. The van der Waals surface area contributed by atoms with Crippen molar-refractivity contribution in [1.82, 2.24) is 0 Å². The zero-order valence-corrected chi connectivity index (χ0v) is 17.7. The Balaban J connectivity index is 2.16. The number of amides is 1. The van der Waals surface area contributed by atoms with Crippen LogP contribution in [0, 0.1) is 6.92 Å². The number of phenolic OH excluding ortho intramolecular Hbond substituents is 1. The van der Waals surface area contributed by atoms with Crippen LogP contribution in [0.3, 0.4) is 0 Å². The van der Waals surface area contributed by atoms with Crippen molar-refractivity contribution >= 4 is 29.3 Å². The molecule has 1 aliphatic rings. The summed E-state index contributed by atoms with van der Waals surface area (Å²) in [6.45, 7) is 5.78. The van der Waals surface area contributed by atoms with Crippen LogP contribution in [0.15, 0.2) is 36.4 Å². The summed E-state index contributed by atoms with van der Waals surface area (Å²) < 4.78 is 5.50. The maximum Gasteiger partial charge on any atom is 0.305 e. The number of carboxylic acid groups (broad SMARTS) is 1. The Morgan fingerprint density at radius 1 is 1.28 bits per heavy atom. The molecule has 1 amide bonds. The second-order valence-electron chi connectivity index (χ2n) is 7.38. The number of nitrogens with zero attached hydrogens (tertiary/aromatic N) is 1. The molecule has 0 radical (unpaired) electrons. The Morgan fingerprint density at radius 2 is 1.97 bits per heavy atom. The Hall–Kier alpha value is -2.67. The SMILES string of the molecule is COc1ccccc1C1SC(CC(=O)O)C(=O)N1c1cc(C(C)C)c(O)cc1C. The fourth-order valence-electron chi connectivity index (χ4n) is 3.59. The smallest absolute Gasteiger partial charge is 0.305 e. The fourth-order valence-corrected chi connectivity index (χ4v) is 5.05. The second-order valence-corrected chi connectivity index (χ2v) is 8.67. The lowest BCUT2D eigenvalue weighted by molar-refractivity contribution is -0.138. The van der Waals surface area contributed by atoms with Gasteiger partial charge in [-0.2, -0.15) is 0 Å². The highest BCUT2D eigenvalue weighted by atomic mass is 32.2. The van der Waals surface area contributed by atoms with E-state index in [2.05, 4.69) is 0 Å². The van der Waals surface area contributed by atoms with Crippen LogP contribution in [-0.4, -0.2) is 34.4 Å². The number of aromatic hydroxyl groups is 1. The first-order valence-electron chi connectivity index (χ1n) is 9.41. The lowest BCUT2D eigenvalue weighted by Gasteiger charge is -2.28. The largest absolute Gasteiger partial charge is 0.508 e. The van der Waals surface area contributed by atoms with Gasteiger partial charge in [0.1, 0.15) is 16.9 Å². The molecule has 154 valence electrons. The third-order valence-corrected chi connectivity index (χ3v) is 6.45. The van der Waals surface area contributed by atoms with Crippen LogP contribution in [-0.2, 0) is 9.59 Å². The number of ether oxygens (including phenoxy) is 1. The first kappa shape index (κ1) is 21.0. The summed E-state index contributed by atoms with van der Waals surface area (Å²) in [4.78, 5) is 26.3. The van der Waals surface area contributed by atoms with Gasteiger partial charge < -0.3 is 14.9 Å². The Morgan fingerprint density at radius 3 is 2.59 bits per heavy atom. The standard InChI is InChI=1S/C22H25NO5S/c1-12(2)15-10-16(13(3)9-17(15)24)23-21(27)19(11-20(25)26)29-22(23)14-7-5-6-8-18(14)28-4/h5-10,12,19,22,24H,11H2,1-4H3,(H,25,26). The van der Waals surface area contributed by atoms with Crippen molar-refractivity contribution in [3.8, 4) is 11.5 Å². The molecule has 2 aromatic rings. The molecule has 1 aliphatic heterocycles. The van der Waals surface area contributed by atoms with E-state index in [1.807, 2.05) is 51.1 Å². The Kier molecular flexibility index (Phi) is 6.07. The van der Waals surface area contributed by atoms with E-state index < -0.39 is 16.6 Å². The second kappa shape index (κ2) is 8.37. The van der Waals surface area contributed by atoms with Crippen LogP contribution in [0.5, 0.6) is 11.5 Å². The Bertz CT molecular complexity index is 943. The number of benzene rings is 2. The topological polar surface area (TPSA) is 87.1 Å². The molecule has 2 aromatic carbocycles. The van der Waals surface area contributed by atoms with Gasteiger partial charge in [0.25, 0.3) is 0 Å². The quantitative estimate of drug-likeness (QED) is 0.725. The highest BCUT2D eigenvalue weighted by Crippen LogP contribution is 2.50. The van der Waals surface area contributed by atoms with Crippen LogP contribution >= 0.6 is 11.8 Å². The molecule has 0 saturated carbocycles. The number of aliphatic carboxylic acids is 1. The molecule has 0 bridgehead atoms. The minimum atomic E-state index is -1.01. The first-order chi connectivity index (χ1) is 13.7. The Labute approximate surface area is 174 Å². The maximum absolute atomic E-state index is 13.3. The van der Waals surface area contributed by atoms with Crippen molar-refractivity contribution < 1.29 is 24.5 Å². The zero-order chi connectivity index (χ0) is 21.3. The number of carboxylic acids is 1. The normalized spacial score (nSPS) is 19.1. The summed E-state index contributed by atoms with van der Waals surface area (Å²) in [5.41, 5.74) is 2.97. The molecule has 1 saturated heterocycles. The summed E-state index contributed by atoms with van der Waals surface area (Å²) in [5.74, 6) is -0.367. The molecule has 3 rings (SSSR count). The van der Waals surface area contributed by atoms with Gasteiger partial charge in [-0.3, -0.25) is 14.5 Å². The number of anilines is 1. The van der Waals surface area contributed by atoms with E-state index in [1.165, 1.54) is 11.8 Å². The van der Waals surface area contributed by atoms with E-state index in [0.717, 1.165) is 16.7 Å². The lowest BCUT2D eigenvalue weighted by atomic mass is 9.98. The van der Waals surface area contributed by atoms with Crippen molar-refractivity contribution in [3.05, 3.63) is 53.1 Å². The van der Waals surface area contributed by atoms with Crippen molar-refractivity contribution in [2.45, 2.75) is 43.7 Å². The summed E-state index contributed by atoms with van der Waals surface area (Å²) >= 11 is 1.31. The van der Waals surface area contributed by atoms with Crippen LogP contribution < -0.4 is 9.64 Å². The van der Waals surface area contributed by atoms with E-state index in [0.29, 0.717) is 11.4 Å². The fraction of sp³-hybridized carbons (Fsp3) is 0.364. The molecule has 29 heavy (non-hydrogen) atoms. The van der Waals surface area contributed by atoms with Gasteiger partial charge in [0.2, 0.25) is 5.91 Å². The van der Waals surface area contributed by atoms with Gasteiger partial charge in [0, 0.05) is 11.3 Å². The summed E-state index contributed by atoms with van der Waals surface area (Å²) in [6.07, 6.45) is -0.250. The number of carbonyl (C=O) groups excluding carboxylic acids is 1. The third-order valence-electron chi connectivity index (χ3n) is 5.03. The lowest BCUT2D eigenvalue weighted by Crippen LogP contribution is -2.32. The molecule has 1 heterocycles. The average molecular weight is 416 g/mol. The van der Waals surface area contributed by atoms with Crippen LogP contribution in [0.2, 0.25) is 0 Å². The van der Waals surface area contributed by atoms with E-state index in [4.69, 9.17) is 4.74 Å². The number of carbonyl (C=O) groups is 2. The van der Waals surface area contributed by atoms with E-state index in [1.54, 1.807) is 18.1 Å². The minimum Gasteiger partial charge on any atom is -0.508 e. The van der Waals surface area contributed by atoms with Crippen LogP contribution in [0.1, 0.15) is 48.3 Å². The van der Waals surface area contributed by atoms with Crippen molar-refractivity contribution in [3.63, 3.8) is 0 Å². The number of thioether (sulfide) groups is 1. The molecule has 0 aromatic heterocycles. The number of methoxy groups -OCH3 is 1. The van der Waals surface area contributed by atoms with Gasteiger partial charge in [-0.05, 0) is 42.2 Å². The van der Waals surface area contributed by atoms with Crippen LogP contribution in [0.4, 0.5) is 5.69 Å². The minimum absolute atomic E-state index is 0.0687. The van der Waals surface area contributed by atoms with E-state index >= 15 is 0 Å². The average Bonchev–Trinajstić information content (AvgIpc) is 2.97. The monoisotopic (exact) mass is 415 g/mol. The maximum atomic E-state index is 13.3. The number of para-hydroxylation sites is 1. The molecule has 7 heteroatoms. The predicted octanol–water partition coefficient (Wildman–Crippen LogP) is 4.45. The number of phenols is 1. The summed E-state index contributed by atoms with van der Waals surface area (Å²) in [6, 6.07) is 10.9. The van der Waals surface area contributed by atoms with Crippen molar-refractivity contribution in [2.24, 2.45) is 0 Å². The summed E-state index contributed by atoms with van der Waals surface area (Å²) in [5, 5.41) is 18.5. The molecule has 0 spiro atoms. The van der Waals surface area contributed by atoms with E-state index in [9.17, 15) is 19.8 Å². The molecule has 2 N–H and O–H groups in total. The number of rotatable bonds is 6. The van der Waals surface area contributed by atoms with Gasteiger partial charge in [-0.25, -0.2) is 0 Å². The zero-order valence-electron chi connectivity index (χ0n) is 16.9.